The summed E-state index contributed by atoms with van der Waals surface area (Å²) in [5, 5.41) is 10.8. The van der Waals surface area contributed by atoms with E-state index < -0.39 is 0 Å². The van der Waals surface area contributed by atoms with E-state index in [9.17, 15) is 0 Å². The second-order valence-electron chi connectivity index (χ2n) is 8.05. The molecule has 0 spiro atoms. The lowest BCUT2D eigenvalue weighted by Crippen LogP contribution is -2.41. The summed E-state index contributed by atoms with van der Waals surface area (Å²) in [5.41, 5.74) is 1.10. The van der Waals surface area contributed by atoms with E-state index in [4.69, 9.17) is 9.52 Å². The molecule has 0 saturated heterocycles. The molecule has 152 valence electrons. The van der Waals surface area contributed by atoms with E-state index in [0.29, 0.717) is 35.8 Å². The van der Waals surface area contributed by atoms with E-state index in [1.54, 1.807) is 6.20 Å². The molecule has 1 aliphatic carbocycles. The smallest absolute Gasteiger partial charge is 0.276 e. The van der Waals surface area contributed by atoms with E-state index in [1.165, 1.54) is 25.7 Å². The monoisotopic (exact) mass is 384 g/mol. The first-order valence-corrected chi connectivity index (χ1v) is 10.4. The largest absolute Gasteiger partial charge is 0.357 e. The number of rotatable bonds is 9. The molecule has 0 aliphatic heterocycles. The Bertz CT molecular complexity index is 751. The lowest BCUT2D eigenvalue weighted by atomic mass is 9.64. The standard InChI is InChI=1S/C21H32N6O/c1-4-22-20(25-15-21(10-7-11-21)14-16(2)3)24-13-9-18-26-19(28-27-18)17-8-5-6-12-23-17/h5-6,8,12,16H,4,7,9-11,13-15H2,1-3H3,(H2,22,24,25). The fourth-order valence-electron chi connectivity index (χ4n) is 3.80. The fourth-order valence-corrected chi connectivity index (χ4v) is 3.80. The molecule has 2 aromatic rings. The van der Waals surface area contributed by atoms with Crippen molar-refractivity contribution in [1.82, 2.24) is 25.8 Å². The summed E-state index contributed by atoms with van der Waals surface area (Å²) in [6, 6.07) is 5.63. The SMILES string of the molecule is CCNC(=NCC1(CC(C)C)CCC1)NCCc1noc(-c2ccccn2)n1. The highest BCUT2D eigenvalue weighted by Crippen LogP contribution is 2.46. The summed E-state index contributed by atoms with van der Waals surface area (Å²) in [6.45, 7) is 9.13. The van der Waals surface area contributed by atoms with E-state index >= 15 is 0 Å². The maximum atomic E-state index is 5.31. The minimum atomic E-state index is 0.405. The number of aromatic nitrogens is 3. The zero-order chi connectivity index (χ0) is 19.8. The van der Waals surface area contributed by atoms with Gasteiger partial charge in [0.15, 0.2) is 11.8 Å². The van der Waals surface area contributed by atoms with Crippen LogP contribution in [0.25, 0.3) is 11.6 Å². The van der Waals surface area contributed by atoms with Crippen molar-refractivity contribution in [3.05, 3.63) is 30.2 Å². The molecule has 0 aromatic carbocycles. The third kappa shape index (κ3) is 5.53. The Morgan fingerprint density at radius 2 is 2.14 bits per heavy atom. The Labute approximate surface area is 167 Å². The number of aliphatic imine (C=N–C) groups is 1. The van der Waals surface area contributed by atoms with Crippen molar-refractivity contribution in [2.75, 3.05) is 19.6 Å². The van der Waals surface area contributed by atoms with Gasteiger partial charge in [-0.15, -0.1) is 0 Å². The zero-order valence-corrected chi connectivity index (χ0v) is 17.2. The first kappa shape index (κ1) is 20.3. The van der Waals surface area contributed by atoms with Crippen molar-refractivity contribution in [2.24, 2.45) is 16.3 Å². The predicted octanol–water partition coefficient (Wildman–Crippen LogP) is 3.45. The molecule has 28 heavy (non-hydrogen) atoms. The third-order valence-electron chi connectivity index (χ3n) is 5.17. The van der Waals surface area contributed by atoms with Gasteiger partial charge >= 0.3 is 0 Å². The summed E-state index contributed by atoms with van der Waals surface area (Å²) in [7, 11) is 0. The van der Waals surface area contributed by atoms with Crippen molar-refractivity contribution in [3.63, 3.8) is 0 Å². The normalized spacial score (nSPS) is 16.1. The second-order valence-corrected chi connectivity index (χ2v) is 8.05. The maximum Gasteiger partial charge on any atom is 0.276 e. The molecule has 1 saturated carbocycles. The molecule has 0 amide bonds. The van der Waals surface area contributed by atoms with Crippen LogP contribution in [0, 0.1) is 11.3 Å². The van der Waals surface area contributed by atoms with Gasteiger partial charge in [-0.25, -0.2) is 0 Å². The van der Waals surface area contributed by atoms with Crippen LogP contribution in [0.4, 0.5) is 0 Å². The van der Waals surface area contributed by atoms with Crippen molar-refractivity contribution >= 4 is 5.96 Å². The minimum Gasteiger partial charge on any atom is -0.357 e. The van der Waals surface area contributed by atoms with Crippen LogP contribution in [0.3, 0.4) is 0 Å². The van der Waals surface area contributed by atoms with Gasteiger partial charge in [-0.1, -0.05) is 31.5 Å². The molecule has 0 unspecified atom stereocenters. The van der Waals surface area contributed by atoms with E-state index in [-0.39, 0.29) is 0 Å². The Hall–Kier alpha value is -2.44. The molecule has 3 rings (SSSR count). The number of guanidine groups is 1. The maximum absolute atomic E-state index is 5.31. The van der Waals surface area contributed by atoms with Gasteiger partial charge in [0.2, 0.25) is 0 Å². The molecule has 2 aromatic heterocycles. The van der Waals surface area contributed by atoms with Gasteiger partial charge in [-0.2, -0.15) is 4.98 Å². The van der Waals surface area contributed by atoms with Crippen LogP contribution >= 0.6 is 0 Å². The number of hydrogen-bond donors (Lipinski definition) is 2. The molecule has 2 N–H and O–H groups in total. The van der Waals surface area contributed by atoms with Crippen molar-refractivity contribution in [3.8, 4) is 11.6 Å². The van der Waals surface area contributed by atoms with Gasteiger partial charge in [-0.3, -0.25) is 9.98 Å². The lowest BCUT2D eigenvalue weighted by Gasteiger charge is -2.42. The molecule has 0 atom stereocenters. The van der Waals surface area contributed by atoms with E-state index in [0.717, 1.165) is 25.0 Å². The Balaban J connectivity index is 1.52. The van der Waals surface area contributed by atoms with Crippen molar-refractivity contribution in [1.29, 1.82) is 0 Å². The molecule has 1 aliphatic rings. The van der Waals surface area contributed by atoms with Crippen LogP contribution in [0.2, 0.25) is 0 Å². The fraction of sp³-hybridized carbons (Fsp3) is 0.619. The van der Waals surface area contributed by atoms with Crippen molar-refractivity contribution < 1.29 is 4.52 Å². The number of pyridine rings is 1. The molecule has 2 heterocycles. The van der Waals surface area contributed by atoms with Gasteiger partial charge in [0.1, 0.15) is 5.69 Å². The highest BCUT2D eigenvalue weighted by Gasteiger charge is 2.37. The molecular formula is C21H32N6O. The molecule has 0 radical (unpaired) electrons. The molecule has 1 fully saturated rings. The molecule has 7 nitrogen and oxygen atoms in total. The van der Waals surface area contributed by atoms with E-state index in [2.05, 4.69) is 46.5 Å². The molecular weight excluding hydrogens is 352 g/mol. The Morgan fingerprint density at radius 1 is 1.29 bits per heavy atom. The number of nitrogens with one attached hydrogen (secondary N) is 2. The Kier molecular flexibility index (Phi) is 7.01. The third-order valence-corrected chi connectivity index (χ3v) is 5.17. The first-order valence-electron chi connectivity index (χ1n) is 10.4. The van der Waals surface area contributed by atoms with Gasteiger partial charge in [0, 0.05) is 32.3 Å². The molecule has 0 bridgehead atoms. The van der Waals surface area contributed by atoms with Crippen LogP contribution in [0.5, 0.6) is 0 Å². The summed E-state index contributed by atoms with van der Waals surface area (Å²) in [5.74, 6) is 2.71. The van der Waals surface area contributed by atoms with E-state index in [1.807, 2.05) is 18.2 Å². The van der Waals surface area contributed by atoms with Gasteiger partial charge in [-0.05, 0) is 49.7 Å². The summed E-state index contributed by atoms with van der Waals surface area (Å²) in [4.78, 5) is 13.5. The van der Waals surface area contributed by atoms with Crippen LogP contribution < -0.4 is 10.6 Å². The minimum absolute atomic E-state index is 0.405. The van der Waals surface area contributed by atoms with Crippen LogP contribution in [0.15, 0.2) is 33.9 Å². The summed E-state index contributed by atoms with van der Waals surface area (Å²) < 4.78 is 5.31. The van der Waals surface area contributed by atoms with Crippen molar-refractivity contribution in [2.45, 2.75) is 52.9 Å². The van der Waals surface area contributed by atoms with Crippen LogP contribution in [-0.2, 0) is 6.42 Å². The highest BCUT2D eigenvalue weighted by molar-refractivity contribution is 5.79. The summed E-state index contributed by atoms with van der Waals surface area (Å²) >= 11 is 0. The van der Waals surface area contributed by atoms with Gasteiger partial charge in [0.05, 0.1) is 0 Å². The zero-order valence-electron chi connectivity index (χ0n) is 17.2. The van der Waals surface area contributed by atoms with Crippen LogP contribution in [-0.4, -0.2) is 40.7 Å². The first-order chi connectivity index (χ1) is 13.6. The predicted molar refractivity (Wildman–Crippen MR) is 111 cm³/mol. The quantitative estimate of drug-likeness (QED) is 0.508. The van der Waals surface area contributed by atoms with Gasteiger partial charge in [0.25, 0.3) is 5.89 Å². The highest BCUT2D eigenvalue weighted by atomic mass is 16.5. The van der Waals surface area contributed by atoms with Crippen LogP contribution in [0.1, 0.15) is 52.3 Å². The lowest BCUT2D eigenvalue weighted by molar-refractivity contribution is 0.111. The summed E-state index contributed by atoms with van der Waals surface area (Å²) in [6.07, 6.45) is 7.57. The topological polar surface area (TPSA) is 88.2 Å². The second kappa shape index (κ2) is 9.66. The number of nitrogens with zero attached hydrogens (tertiary/aromatic N) is 4. The average Bonchev–Trinajstić information content (AvgIpc) is 3.13. The number of hydrogen-bond acceptors (Lipinski definition) is 5. The molecule has 7 heteroatoms. The average molecular weight is 385 g/mol. The Morgan fingerprint density at radius 3 is 2.79 bits per heavy atom. The van der Waals surface area contributed by atoms with Gasteiger partial charge < -0.3 is 15.2 Å².